The lowest BCUT2D eigenvalue weighted by atomic mass is 9.74. The normalized spacial score (nSPS) is 32.7. The molecule has 0 amide bonds. The zero-order valence-corrected chi connectivity index (χ0v) is 11.8. The molecule has 1 saturated carbocycles. The summed E-state index contributed by atoms with van der Waals surface area (Å²) in [5.41, 5.74) is 0.901. The fraction of sp³-hybridized carbons (Fsp3) is 0.588. The Kier molecular flexibility index (Phi) is 3.44. The molecule has 1 unspecified atom stereocenters. The Morgan fingerprint density at radius 2 is 2.00 bits per heavy atom. The molecule has 2 atom stereocenters. The Hall–Kier alpha value is -1.15. The van der Waals surface area contributed by atoms with Crippen molar-refractivity contribution in [1.82, 2.24) is 4.90 Å². The van der Waals surface area contributed by atoms with Crippen LogP contribution < -0.4 is 0 Å². The molecule has 0 aromatic heterocycles. The van der Waals surface area contributed by atoms with Gasteiger partial charge in [0.05, 0.1) is 0 Å². The van der Waals surface area contributed by atoms with E-state index in [-0.39, 0.29) is 5.54 Å². The number of ketones is 1. The molecule has 0 radical (unpaired) electrons. The molecule has 1 aliphatic heterocycles. The van der Waals surface area contributed by atoms with E-state index in [0.717, 1.165) is 38.3 Å². The minimum Gasteiger partial charge on any atom is -0.297 e. The van der Waals surface area contributed by atoms with E-state index in [1.54, 1.807) is 0 Å². The number of hydrogen-bond acceptors (Lipinski definition) is 2. The van der Waals surface area contributed by atoms with Gasteiger partial charge in [-0.1, -0.05) is 43.7 Å². The highest BCUT2D eigenvalue weighted by Crippen LogP contribution is 2.42. The maximum atomic E-state index is 12.8. The van der Waals surface area contributed by atoms with Crippen LogP contribution in [-0.2, 0) is 10.3 Å². The minimum atomic E-state index is -0.315. The first kappa shape index (κ1) is 12.9. The molecule has 1 aromatic rings. The summed E-state index contributed by atoms with van der Waals surface area (Å²) in [5.74, 6) is 1.16. The van der Waals surface area contributed by atoms with Crippen LogP contribution in [0, 0.1) is 5.92 Å². The van der Waals surface area contributed by atoms with Crippen LogP contribution >= 0.6 is 0 Å². The molecule has 0 spiro atoms. The summed E-state index contributed by atoms with van der Waals surface area (Å²) in [5, 5.41) is 0. The van der Waals surface area contributed by atoms with Gasteiger partial charge in [0.1, 0.15) is 5.54 Å². The van der Waals surface area contributed by atoms with Gasteiger partial charge in [0.25, 0.3) is 0 Å². The van der Waals surface area contributed by atoms with E-state index in [1.807, 2.05) is 6.07 Å². The van der Waals surface area contributed by atoms with Gasteiger partial charge in [-0.2, -0.15) is 0 Å². The van der Waals surface area contributed by atoms with Crippen molar-refractivity contribution in [2.75, 3.05) is 13.1 Å². The van der Waals surface area contributed by atoms with Gasteiger partial charge in [-0.15, -0.1) is 0 Å². The Morgan fingerprint density at radius 3 is 2.63 bits per heavy atom. The van der Waals surface area contributed by atoms with Crippen molar-refractivity contribution >= 4 is 5.78 Å². The number of rotatable bonds is 2. The van der Waals surface area contributed by atoms with Gasteiger partial charge in [-0.05, 0) is 37.3 Å². The van der Waals surface area contributed by atoms with E-state index in [0.29, 0.717) is 5.78 Å². The van der Waals surface area contributed by atoms with Crippen LogP contribution in [0.3, 0.4) is 0 Å². The molecule has 2 heteroatoms. The molecule has 0 bridgehead atoms. The molecule has 1 heterocycles. The fourth-order valence-corrected chi connectivity index (χ4v) is 3.83. The topological polar surface area (TPSA) is 20.3 Å². The molecular formula is C17H23NO. The van der Waals surface area contributed by atoms with E-state index in [9.17, 15) is 4.79 Å². The molecule has 1 aromatic carbocycles. The average Bonchev–Trinajstić information content (AvgIpc) is 2.87. The van der Waals surface area contributed by atoms with Crippen molar-refractivity contribution in [2.45, 2.75) is 44.6 Å². The van der Waals surface area contributed by atoms with E-state index in [1.165, 1.54) is 18.4 Å². The monoisotopic (exact) mass is 257 g/mol. The smallest absolute Gasteiger partial charge is 0.157 e. The first-order valence-electron chi connectivity index (χ1n) is 7.57. The summed E-state index contributed by atoms with van der Waals surface area (Å²) in [6.45, 7) is 4.44. The third kappa shape index (κ3) is 2.12. The average molecular weight is 257 g/mol. The molecule has 2 fully saturated rings. The van der Waals surface area contributed by atoms with Crippen molar-refractivity contribution in [3.63, 3.8) is 0 Å². The van der Waals surface area contributed by atoms with Gasteiger partial charge in [-0.25, -0.2) is 0 Å². The van der Waals surface area contributed by atoms with Gasteiger partial charge in [0.2, 0.25) is 0 Å². The maximum Gasteiger partial charge on any atom is 0.157 e. The van der Waals surface area contributed by atoms with Crippen LogP contribution in [0.5, 0.6) is 0 Å². The molecule has 3 rings (SSSR count). The maximum absolute atomic E-state index is 12.8. The fourth-order valence-electron chi connectivity index (χ4n) is 3.83. The number of benzene rings is 1. The van der Waals surface area contributed by atoms with Crippen LogP contribution in [-0.4, -0.2) is 23.8 Å². The van der Waals surface area contributed by atoms with Gasteiger partial charge >= 0.3 is 0 Å². The van der Waals surface area contributed by atoms with E-state index in [4.69, 9.17) is 0 Å². The predicted octanol–water partition coefficient (Wildman–Crippen LogP) is 3.37. The number of hydrogen-bond donors (Lipinski definition) is 0. The molecule has 0 N–H and O–H groups in total. The van der Waals surface area contributed by atoms with Crippen molar-refractivity contribution in [2.24, 2.45) is 5.92 Å². The van der Waals surface area contributed by atoms with Crippen molar-refractivity contribution in [3.05, 3.63) is 35.9 Å². The molecular weight excluding hydrogens is 234 g/mol. The molecule has 19 heavy (non-hydrogen) atoms. The summed E-state index contributed by atoms with van der Waals surface area (Å²) in [6, 6.07) is 10.5. The Bertz CT molecular complexity index is 456. The highest BCUT2D eigenvalue weighted by molar-refractivity contribution is 5.90. The quantitative estimate of drug-likeness (QED) is 0.809. The number of likely N-dealkylation sites (tertiary alicyclic amines) is 1. The van der Waals surface area contributed by atoms with Gasteiger partial charge in [-0.3, -0.25) is 9.69 Å². The summed E-state index contributed by atoms with van der Waals surface area (Å²) in [4.78, 5) is 15.2. The Morgan fingerprint density at radius 1 is 1.21 bits per heavy atom. The van der Waals surface area contributed by atoms with E-state index < -0.39 is 0 Å². The Balaban J connectivity index is 2.02. The third-order valence-electron chi connectivity index (χ3n) is 4.87. The lowest BCUT2D eigenvalue weighted by Gasteiger charge is -2.43. The highest BCUT2D eigenvalue weighted by Gasteiger charge is 2.47. The lowest BCUT2D eigenvalue weighted by molar-refractivity contribution is -0.134. The van der Waals surface area contributed by atoms with Crippen LogP contribution in [0.2, 0.25) is 0 Å². The van der Waals surface area contributed by atoms with Crippen LogP contribution in [0.15, 0.2) is 30.3 Å². The molecule has 1 aliphatic carbocycles. The number of carbonyl (C=O) groups excluding carboxylic acids is 1. The highest BCUT2D eigenvalue weighted by atomic mass is 16.1. The third-order valence-corrected chi connectivity index (χ3v) is 4.87. The lowest BCUT2D eigenvalue weighted by Crippen LogP contribution is -2.52. The number of carbonyl (C=O) groups is 1. The molecule has 2 nitrogen and oxygen atoms in total. The van der Waals surface area contributed by atoms with Crippen LogP contribution in [0.1, 0.15) is 44.6 Å². The Labute approximate surface area is 115 Å². The van der Waals surface area contributed by atoms with Crippen LogP contribution in [0.25, 0.3) is 0 Å². The van der Waals surface area contributed by atoms with Gasteiger partial charge in [0, 0.05) is 13.0 Å². The first-order chi connectivity index (χ1) is 9.23. The molecule has 1 saturated heterocycles. The van der Waals surface area contributed by atoms with Crippen molar-refractivity contribution in [3.8, 4) is 0 Å². The summed E-state index contributed by atoms with van der Waals surface area (Å²) in [7, 11) is 0. The second-order valence-corrected chi connectivity index (χ2v) is 6.20. The molecule has 2 aliphatic rings. The summed E-state index contributed by atoms with van der Waals surface area (Å²) >= 11 is 0. The van der Waals surface area contributed by atoms with E-state index in [2.05, 4.69) is 36.1 Å². The summed E-state index contributed by atoms with van der Waals surface area (Å²) in [6.07, 6.45) is 5.21. The second kappa shape index (κ2) is 5.09. The van der Waals surface area contributed by atoms with Crippen molar-refractivity contribution < 1.29 is 4.79 Å². The van der Waals surface area contributed by atoms with Crippen molar-refractivity contribution in [1.29, 1.82) is 0 Å². The van der Waals surface area contributed by atoms with Crippen LogP contribution in [0.4, 0.5) is 0 Å². The standard InChI is InChI=1S/C17H23NO/c1-14-10-12-18(13-14)17(11-6-5-9-16(17)19)15-7-3-2-4-8-15/h2-4,7-8,14H,5-6,9-13H2,1H3/t14?,17-/m0/s1. The van der Waals surface area contributed by atoms with Gasteiger partial charge < -0.3 is 0 Å². The van der Waals surface area contributed by atoms with Gasteiger partial charge in [0.15, 0.2) is 5.78 Å². The first-order valence-corrected chi connectivity index (χ1v) is 7.57. The van der Waals surface area contributed by atoms with E-state index >= 15 is 0 Å². The SMILES string of the molecule is CC1CCN([C@]2(c3ccccc3)CCCCC2=O)C1. The number of Topliss-reactive ketones (excluding diaryl/α,β-unsaturated/α-hetero) is 1. The zero-order valence-electron chi connectivity index (χ0n) is 11.8. The number of nitrogens with zero attached hydrogens (tertiary/aromatic N) is 1. The predicted molar refractivity (Wildman–Crippen MR) is 76.9 cm³/mol. The largest absolute Gasteiger partial charge is 0.297 e. The molecule has 102 valence electrons. The summed E-state index contributed by atoms with van der Waals surface area (Å²) < 4.78 is 0. The minimum absolute atomic E-state index is 0.315. The second-order valence-electron chi connectivity index (χ2n) is 6.20. The zero-order chi connectivity index (χ0) is 13.3.